The fraction of sp³-hybridized carbons (Fsp3) is 0.160. The number of nitrogens with zero attached hydrogens (tertiary/aromatic N) is 2. The number of hydrogen-bond donors (Lipinski definition) is 1. The maximum Gasteiger partial charge on any atom is 0.290 e. The van der Waals surface area contributed by atoms with Crippen LogP contribution < -0.4 is 0 Å². The highest BCUT2D eigenvalue weighted by molar-refractivity contribution is 6.09. The number of rotatable bonds is 7. The number of carbonyl (C=O) groups is 2. The Morgan fingerprint density at radius 3 is 2.23 bits per heavy atom. The van der Waals surface area contributed by atoms with Crippen LogP contribution in [0.5, 0.6) is 0 Å². The molecule has 0 bridgehead atoms. The van der Waals surface area contributed by atoms with Crippen molar-refractivity contribution in [3.05, 3.63) is 113 Å². The summed E-state index contributed by atoms with van der Waals surface area (Å²) in [6, 6.07) is 22.2. The van der Waals surface area contributed by atoms with Crippen molar-refractivity contribution in [3.63, 3.8) is 0 Å². The molecule has 0 saturated heterocycles. The molecule has 0 saturated carbocycles. The summed E-state index contributed by atoms with van der Waals surface area (Å²) in [6.45, 7) is 0.290. The van der Waals surface area contributed by atoms with Gasteiger partial charge in [0.2, 0.25) is 0 Å². The number of Topliss-reactive ketones (excluding diaryl/α,β-unsaturated/α-hetero) is 1. The smallest absolute Gasteiger partial charge is 0.290 e. The van der Waals surface area contributed by atoms with E-state index in [0.717, 1.165) is 11.1 Å². The average molecular weight is 398 g/mol. The van der Waals surface area contributed by atoms with Gasteiger partial charge in [0.25, 0.3) is 5.91 Å². The Hall–Kier alpha value is -3.73. The lowest BCUT2D eigenvalue weighted by atomic mass is 9.94. The van der Waals surface area contributed by atoms with Crippen LogP contribution in [0, 0.1) is 0 Å². The molecule has 3 aromatic rings. The molecule has 0 fully saturated rings. The third-order valence-corrected chi connectivity index (χ3v) is 5.28. The van der Waals surface area contributed by atoms with Crippen LogP contribution in [0.1, 0.15) is 29.2 Å². The summed E-state index contributed by atoms with van der Waals surface area (Å²) in [4.78, 5) is 31.8. The molecule has 5 heteroatoms. The number of aliphatic hydroxyl groups excluding tert-OH is 1. The number of ketones is 1. The fourth-order valence-corrected chi connectivity index (χ4v) is 3.80. The molecule has 4 rings (SSSR count). The first-order chi connectivity index (χ1) is 14.6. The molecule has 1 aromatic heterocycles. The Balaban J connectivity index is 1.64. The van der Waals surface area contributed by atoms with E-state index in [-0.39, 0.29) is 17.8 Å². The number of aromatic nitrogens is 1. The monoisotopic (exact) mass is 398 g/mol. The predicted octanol–water partition coefficient (Wildman–Crippen LogP) is 4.18. The standard InChI is InChI=1S/C25H22N2O3/c28-21(14-13-18-8-3-1-4-9-18)22-23(20-12-7-15-26-16-20)27(25(30)24(22)29)17-19-10-5-2-6-11-19/h1-12,15-16,23,29H,13-14,17H2. The van der Waals surface area contributed by atoms with E-state index in [9.17, 15) is 14.7 Å². The normalized spacial score (nSPS) is 16.2. The van der Waals surface area contributed by atoms with Crippen LogP contribution in [0.2, 0.25) is 0 Å². The number of aryl methyl sites for hydroxylation is 1. The SMILES string of the molecule is O=C(CCc1ccccc1)C1=C(O)C(=O)N(Cc2ccccc2)C1c1cccnc1. The molecule has 1 N–H and O–H groups in total. The summed E-state index contributed by atoms with van der Waals surface area (Å²) < 4.78 is 0. The zero-order valence-corrected chi connectivity index (χ0v) is 16.4. The quantitative estimate of drug-likeness (QED) is 0.648. The molecule has 2 heterocycles. The van der Waals surface area contributed by atoms with Gasteiger partial charge in [0.05, 0.1) is 11.6 Å². The molecular formula is C25H22N2O3. The van der Waals surface area contributed by atoms with Crippen molar-refractivity contribution in [1.82, 2.24) is 9.88 Å². The lowest BCUT2D eigenvalue weighted by molar-refractivity contribution is -0.130. The van der Waals surface area contributed by atoms with E-state index in [1.807, 2.05) is 66.7 Å². The summed E-state index contributed by atoms with van der Waals surface area (Å²) in [6.07, 6.45) is 4.04. The number of carbonyl (C=O) groups excluding carboxylic acids is 2. The summed E-state index contributed by atoms with van der Waals surface area (Å²) in [5.74, 6) is -1.22. The minimum Gasteiger partial charge on any atom is -0.503 e. The van der Waals surface area contributed by atoms with E-state index >= 15 is 0 Å². The third-order valence-electron chi connectivity index (χ3n) is 5.28. The van der Waals surface area contributed by atoms with Gasteiger partial charge in [-0.25, -0.2) is 0 Å². The highest BCUT2D eigenvalue weighted by Gasteiger charge is 2.43. The van der Waals surface area contributed by atoms with Crippen LogP contribution >= 0.6 is 0 Å². The van der Waals surface area contributed by atoms with Crippen LogP contribution in [0.3, 0.4) is 0 Å². The molecule has 1 atom stereocenters. The van der Waals surface area contributed by atoms with E-state index in [4.69, 9.17) is 0 Å². The summed E-state index contributed by atoms with van der Waals surface area (Å²) in [7, 11) is 0. The summed E-state index contributed by atoms with van der Waals surface area (Å²) in [5.41, 5.74) is 2.81. The van der Waals surface area contributed by atoms with Gasteiger partial charge in [0.1, 0.15) is 0 Å². The molecule has 0 aliphatic carbocycles. The molecule has 150 valence electrons. The van der Waals surface area contributed by atoms with Crippen molar-refractivity contribution in [2.24, 2.45) is 0 Å². The molecule has 30 heavy (non-hydrogen) atoms. The van der Waals surface area contributed by atoms with Gasteiger partial charge in [-0.1, -0.05) is 66.7 Å². The molecule has 2 aromatic carbocycles. The summed E-state index contributed by atoms with van der Waals surface area (Å²) in [5, 5.41) is 10.7. The molecule has 1 unspecified atom stereocenters. The predicted molar refractivity (Wildman–Crippen MR) is 113 cm³/mol. The van der Waals surface area contributed by atoms with Gasteiger partial charge in [-0.3, -0.25) is 14.6 Å². The lowest BCUT2D eigenvalue weighted by Gasteiger charge is -2.26. The van der Waals surface area contributed by atoms with Crippen LogP contribution in [0.4, 0.5) is 0 Å². The van der Waals surface area contributed by atoms with Crippen molar-refractivity contribution in [1.29, 1.82) is 0 Å². The largest absolute Gasteiger partial charge is 0.503 e. The Morgan fingerprint density at radius 1 is 0.933 bits per heavy atom. The lowest BCUT2D eigenvalue weighted by Crippen LogP contribution is -2.30. The van der Waals surface area contributed by atoms with Crippen molar-refractivity contribution in [2.45, 2.75) is 25.4 Å². The van der Waals surface area contributed by atoms with Gasteiger partial charge in [0, 0.05) is 25.4 Å². The van der Waals surface area contributed by atoms with E-state index in [2.05, 4.69) is 4.98 Å². The minimum absolute atomic E-state index is 0.153. The van der Waals surface area contributed by atoms with Crippen molar-refractivity contribution in [3.8, 4) is 0 Å². The fourth-order valence-electron chi connectivity index (χ4n) is 3.80. The zero-order valence-electron chi connectivity index (χ0n) is 16.4. The second-order valence-corrected chi connectivity index (χ2v) is 7.28. The Morgan fingerprint density at radius 2 is 1.60 bits per heavy atom. The van der Waals surface area contributed by atoms with Gasteiger partial charge in [0.15, 0.2) is 11.5 Å². The number of amides is 1. The molecule has 1 aliphatic heterocycles. The highest BCUT2D eigenvalue weighted by atomic mass is 16.3. The Kier molecular flexibility index (Phi) is 5.70. The zero-order chi connectivity index (χ0) is 20.9. The van der Waals surface area contributed by atoms with Crippen molar-refractivity contribution >= 4 is 11.7 Å². The first kappa shape index (κ1) is 19.6. The van der Waals surface area contributed by atoms with Gasteiger partial charge >= 0.3 is 0 Å². The number of hydrogen-bond acceptors (Lipinski definition) is 4. The van der Waals surface area contributed by atoms with E-state index in [1.54, 1.807) is 18.5 Å². The maximum absolute atomic E-state index is 13.1. The van der Waals surface area contributed by atoms with Crippen LogP contribution in [-0.2, 0) is 22.6 Å². The average Bonchev–Trinajstić information content (AvgIpc) is 3.04. The minimum atomic E-state index is -0.658. The van der Waals surface area contributed by atoms with E-state index in [1.165, 1.54) is 4.90 Å². The van der Waals surface area contributed by atoms with Crippen LogP contribution in [0.15, 0.2) is 96.5 Å². The molecule has 0 radical (unpaired) electrons. The molecular weight excluding hydrogens is 376 g/mol. The van der Waals surface area contributed by atoms with Crippen LogP contribution in [0.25, 0.3) is 0 Å². The van der Waals surface area contributed by atoms with E-state index < -0.39 is 17.7 Å². The first-order valence-corrected chi connectivity index (χ1v) is 9.90. The van der Waals surface area contributed by atoms with Gasteiger partial charge in [-0.05, 0) is 29.2 Å². The summed E-state index contributed by atoms with van der Waals surface area (Å²) >= 11 is 0. The van der Waals surface area contributed by atoms with Gasteiger partial charge < -0.3 is 10.0 Å². The first-order valence-electron chi connectivity index (χ1n) is 9.90. The van der Waals surface area contributed by atoms with Crippen molar-refractivity contribution < 1.29 is 14.7 Å². The molecule has 1 amide bonds. The third kappa shape index (κ3) is 4.01. The molecule has 5 nitrogen and oxygen atoms in total. The van der Waals surface area contributed by atoms with Crippen LogP contribution in [-0.4, -0.2) is 26.7 Å². The molecule has 1 aliphatic rings. The molecule has 0 spiro atoms. The number of pyridine rings is 1. The second-order valence-electron chi connectivity index (χ2n) is 7.28. The second kappa shape index (κ2) is 8.74. The van der Waals surface area contributed by atoms with Gasteiger partial charge in [-0.2, -0.15) is 0 Å². The maximum atomic E-state index is 13.1. The van der Waals surface area contributed by atoms with Crippen molar-refractivity contribution in [2.75, 3.05) is 0 Å². The number of aliphatic hydroxyl groups is 1. The topological polar surface area (TPSA) is 70.5 Å². The van der Waals surface area contributed by atoms with Gasteiger partial charge in [-0.15, -0.1) is 0 Å². The number of benzene rings is 2. The highest BCUT2D eigenvalue weighted by Crippen LogP contribution is 2.39. The van der Waals surface area contributed by atoms with E-state index in [0.29, 0.717) is 18.5 Å². The Bertz CT molecular complexity index is 1060. The Labute approximate surface area is 175 Å².